The third kappa shape index (κ3) is 31.9. The van der Waals surface area contributed by atoms with Crippen molar-refractivity contribution in [1.29, 1.82) is 0 Å². The van der Waals surface area contributed by atoms with Crippen LogP contribution >= 0.6 is 0 Å². The van der Waals surface area contributed by atoms with E-state index in [1.165, 1.54) is 7.11 Å². The van der Waals surface area contributed by atoms with E-state index in [4.69, 9.17) is 23.7 Å². The second-order valence-corrected chi connectivity index (χ2v) is 21.3. The van der Waals surface area contributed by atoms with Gasteiger partial charge in [0.1, 0.15) is 0 Å². The first-order chi connectivity index (χ1) is 26.8. The van der Waals surface area contributed by atoms with E-state index in [9.17, 15) is 43.5 Å². The summed E-state index contributed by atoms with van der Waals surface area (Å²) in [6.45, 7) is 20.5. The van der Waals surface area contributed by atoms with Gasteiger partial charge in [-0.1, -0.05) is 0 Å². The normalized spacial score (nSPS) is 13.7. The second kappa shape index (κ2) is 27.3. The van der Waals surface area contributed by atoms with E-state index in [0.717, 1.165) is 5.32 Å². The fraction of sp³-hybridized carbons (Fsp3) is 0.795. The van der Waals surface area contributed by atoms with Gasteiger partial charge in [0.2, 0.25) is 0 Å². The van der Waals surface area contributed by atoms with Crippen LogP contribution in [0.5, 0.6) is 0 Å². The molecule has 0 unspecified atom stereocenters. The Bertz CT molecular complexity index is 1390. The number of rotatable bonds is 20. The first kappa shape index (κ1) is 57.5. The van der Waals surface area contributed by atoms with Crippen LogP contribution in [-0.2, 0) is 52.5 Å². The van der Waals surface area contributed by atoms with Crippen LogP contribution in [0.2, 0.25) is 22.3 Å². The first-order valence-corrected chi connectivity index (χ1v) is 25.0. The zero-order valence-electron chi connectivity index (χ0n) is 37.5. The van der Waals surface area contributed by atoms with Crippen molar-refractivity contribution in [2.45, 2.75) is 190 Å². The Labute approximate surface area is 362 Å². The van der Waals surface area contributed by atoms with Gasteiger partial charge >= 0.3 is 364 Å². The van der Waals surface area contributed by atoms with Gasteiger partial charge in [0.15, 0.2) is 0 Å². The molecule has 0 aliphatic carbocycles. The van der Waals surface area contributed by atoms with Crippen LogP contribution in [0.4, 0.5) is 9.59 Å². The number of aliphatic carboxylic acids is 1. The topological polar surface area (TPSA) is 251 Å². The summed E-state index contributed by atoms with van der Waals surface area (Å²) in [4.78, 5) is 97.1. The first-order valence-electron chi connectivity index (χ1n) is 19.1. The van der Waals surface area contributed by atoms with Gasteiger partial charge in [-0.15, -0.1) is 0 Å². The number of amides is 4. The molecule has 59 heavy (non-hydrogen) atoms. The number of hydrogen-bond acceptors (Lipinski definition) is 13. The summed E-state index contributed by atoms with van der Waals surface area (Å²) < 4.78 is 25.6. The molecule has 0 aromatic rings. The molecule has 0 rings (SSSR count). The zero-order chi connectivity index (χ0) is 46.4. The minimum absolute atomic E-state index is 0.00834. The number of esters is 3. The van der Waals surface area contributed by atoms with Crippen LogP contribution in [0.25, 0.3) is 0 Å². The molecule has 0 aliphatic heterocycles. The number of carboxylic acid groups (broad SMARTS) is 1. The molecule has 342 valence electrons. The zero-order valence-corrected chi connectivity index (χ0v) is 41.0. The SMILES string of the molecule is COC(=O)[C@H](CC[Se]C)NC(=O)[C@H](CCC(=O)OC(C)(C)C)NC(=O)OC(C)(C)C.C[Se]CC[C@H](NC(=O)[C@H](CCC(=O)OC(C)(C)C)NC(=O)OC(C)(C)C)C(=O)O. The maximum absolute atomic E-state index is 12.8. The number of carbonyl (C=O) groups is 8. The van der Waals surface area contributed by atoms with Gasteiger partial charge in [-0.2, -0.15) is 0 Å². The van der Waals surface area contributed by atoms with Crippen molar-refractivity contribution in [2.24, 2.45) is 0 Å². The quantitative estimate of drug-likeness (QED) is 0.0647. The number of methoxy groups -OCH3 is 1. The molecule has 0 aromatic carbocycles. The number of nitrogens with one attached hydrogen (secondary N) is 4. The van der Waals surface area contributed by atoms with Crippen LogP contribution in [-0.4, -0.2) is 137 Å². The molecule has 20 heteroatoms. The number of ether oxygens (including phenoxy) is 5. The summed E-state index contributed by atoms with van der Waals surface area (Å²) in [6.07, 6.45) is -1.17. The molecular weight excluding hydrogens is 906 g/mol. The van der Waals surface area contributed by atoms with Crippen molar-refractivity contribution in [3.8, 4) is 0 Å². The van der Waals surface area contributed by atoms with Gasteiger partial charge in [-0.3, -0.25) is 0 Å². The van der Waals surface area contributed by atoms with Crippen molar-refractivity contribution in [2.75, 3.05) is 7.11 Å². The molecule has 0 aromatic heterocycles. The van der Waals surface area contributed by atoms with Crippen LogP contribution in [0.3, 0.4) is 0 Å². The molecule has 5 N–H and O–H groups in total. The molecule has 18 nitrogen and oxygen atoms in total. The molecule has 4 atom stereocenters. The van der Waals surface area contributed by atoms with Crippen LogP contribution in [0.1, 0.15) is 122 Å². The molecule has 0 saturated heterocycles. The standard InChI is InChI=1S/C20H36N2O7Se.C19H34N2O7Se/c1-19(2,3)28-15(23)10-9-13(22-18(26)29-20(4,5)6)16(24)21-14(11-12-30-8)17(25)27-7;1-18(2,3)27-14(22)9-8-12(21-17(26)28-19(4,5)6)15(23)20-13(16(24)25)10-11-29-7/h13-14H,9-12H2,1-8H3,(H,21,24)(H,22,26);12-13H,8-11H2,1-7H3,(H,20,23)(H,21,26)(H,24,25)/t13-,14-;12-,13-/m00/s1. The predicted octanol–water partition coefficient (Wildman–Crippen LogP) is 4.35. The maximum atomic E-state index is 12.8. The van der Waals surface area contributed by atoms with Crippen LogP contribution in [0.15, 0.2) is 0 Å². The van der Waals surface area contributed by atoms with Crippen molar-refractivity contribution in [3.63, 3.8) is 0 Å². The number of alkyl carbamates (subject to hydrolysis) is 2. The molecule has 0 fully saturated rings. The van der Waals surface area contributed by atoms with E-state index in [0.29, 0.717) is 33.1 Å². The number of hydrogen-bond donors (Lipinski definition) is 5. The van der Waals surface area contributed by atoms with E-state index >= 15 is 0 Å². The molecule has 0 saturated carbocycles. The number of carbonyl (C=O) groups excluding carboxylic acids is 7. The predicted molar refractivity (Wildman–Crippen MR) is 222 cm³/mol. The van der Waals surface area contributed by atoms with Gasteiger partial charge < -0.3 is 0 Å². The summed E-state index contributed by atoms with van der Waals surface area (Å²) in [7, 11) is 1.25. The van der Waals surface area contributed by atoms with Crippen molar-refractivity contribution in [3.05, 3.63) is 0 Å². The molecule has 0 aliphatic rings. The third-order valence-corrected chi connectivity index (χ3v) is 9.47. The van der Waals surface area contributed by atoms with Gasteiger partial charge in [0.25, 0.3) is 0 Å². The summed E-state index contributed by atoms with van der Waals surface area (Å²) in [6, 6.07) is -4.10. The Morgan fingerprint density at radius 3 is 1.10 bits per heavy atom. The van der Waals surface area contributed by atoms with Crippen molar-refractivity contribution >= 4 is 77.8 Å². The average Bonchev–Trinajstić information content (AvgIpc) is 3.04. The molecule has 4 amide bonds. The fourth-order valence-corrected chi connectivity index (χ4v) is 6.39. The Balaban J connectivity index is 0. The van der Waals surface area contributed by atoms with Crippen LogP contribution < -0.4 is 21.3 Å². The fourth-order valence-electron chi connectivity index (χ4n) is 4.41. The summed E-state index contributed by atoms with van der Waals surface area (Å²) in [5, 5.41) is 20.7. The third-order valence-electron chi connectivity index (χ3n) is 6.77. The van der Waals surface area contributed by atoms with Gasteiger partial charge in [-0.05, 0) is 0 Å². The Morgan fingerprint density at radius 2 is 0.814 bits per heavy atom. The van der Waals surface area contributed by atoms with Crippen LogP contribution in [0, 0.1) is 0 Å². The average molecular weight is 977 g/mol. The van der Waals surface area contributed by atoms with E-state index in [2.05, 4.69) is 21.3 Å². The minimum atomic E-state index is -1.15. The Morgan fingerprint density at radius 1 is 0.492 bits per heavy atom. The second-order valence-electron chi connectivity index (χ2n) is 17.2. The Hall–Kier alpha value is -3.60. The molecule has 0 bridgehead atoms. The van der Waals surface area contributed by atoms with E-state index in [1.807, 2.05) is 11.6 Å². The van der Waals surface area contributed by atoms with E-state index in [1.54, 1.807) is 83.1 Å². The summed E-state index contributed by atoms with van der Waals surface area (Å²) >= 11 is 0.588. The van der Waals surface area contributed by atoms with E-state index in [-0.39, 0.29) is 40.6 Å². The number of carboxylic acids is 1. The monoisotopic (exact) mass is 978 g/mol. The van der Waals surface area contributed by atoms with Crippen molar-refractivity contribution in [1.82, 2.24) is 21.3 Å². The molecule has 0 heterocycles. The summed E-state index contributed by atoms with van der Waals surface area (Å²) in [5.74, 6) is -0.00669. The van der Waals surface area contributed by atoms with E-state index < -0.39 is 94.4 Å². The van der Waals surface area contributed by atoms with Gasteiger partial charge in [-0.25, -0.2) is 0 Å². The van der Waals surface area contributed by atoms with Gasteiger partial charge in [0, 0.05) is 0 Å². The molecule has 0 spiro atoms. The van der Waals surface area contributed by atoms with Crippen molar-refractivity contribution < 1.29 is 67.1 Å². The molecular formula is C39H70N4O14Se2. The Kier molecular flexibility index (Phi) is 26.6. The summed E-state index contributed by atoms with van der Waals surface area (Å²) in [5.41, 5.74) is -2.87. The van der Waals surface area contributed by atoms with Gasteiger partial charge in [0.05, 0.1) is 0 Å². The molecule has 0 radical (unpaired) electrons.